The zero-order valence-corrected chi connectivity index (χ0v) is 18.8. The van der Waals surface area contributed by atoms with Crippen molar-refractivity contribution in [1.82, 2.24) is 14.6 Å². The number of rotatable bonds is 8. The van der Waals surface area contributed by atoms with Crippen LogP contribution in [-0.2, 0) is 9.59 Å². The normalized spacial score (nSPS) is 10.7. The molecule has 0 bridgehead atoms. The topological polar surface area (TPSA) is 115 Å². The fourth-order valence-corrected chi connectivity index (χ4v) is 4.03. The van der Waals surface area contributed by atoms with Crippen LogP contribution >= 0.6 is 11.3 Å². The molecule has 0 fully saturated rings. The Morgan fingerprint density at radius 1 is 1.00 bits per heavy atom. The van der Waals surface area contributed by atoms with Gasteiger partial charge in [0.2, 0.25) is 22.7 Å². The minimum atomic E-state index is -0.337. The van der Waals surface area contributed by atoms with E-state index in [4.69, 9.17) is 4.74 Å². The summed E-state index contributed by atoms with van der Waals surface area (Å²) in [4.78, 5) is 40.8. The number of nitrogens with one attached hydrogen (secondary N) is 2. The Bertz CT molecular complexity index is 1310. The van der Waals surface area contributed by atoms with E-state index in [1.54, 1.807) is 48.0 Å². The minimum Gasteiger partial charge on any atom is -0.497 e. The molecule has 0 unspecified atom stereocenters. The van der Waals surface area contributed by atoms with E-state index >= 15 is 0 Å². The number of hydrogen-bond donors (Lipinski definition) is 2. The largest absolute Gasteiger partial charge is 0.497 e. The summed E-state index contributed by atoms with van der Waals surface area (Å²) in [6, 6.07) is 14.1. The molecule has 2 N–H and O–H groups in total. The number of Topliss-reactive ketones (excluding diaryl/α,β-unsaturated/α-hetero) is 1. The lowest BCUT2D eigenvalue weighted by atomic mass is 10.1. The quantitative estimate of drug-likeness (QED) is 0.381. The number of anilines is 2. The van der Waals surface area contributed by atoms with Gasteiger partial charge in [-0.1, -0.05) is 12.1 Å². The summed E-state index contributed by atoms with van der Waals surface area (Å²) in [6.07, 6.45) is 0.0987. The average molecular weight is 464 g/mol. The number of ketones is 1. The maximum atomic E-state index is 12.3. The zero-order chi connectivity index (χ0) is 23.4. The van der Waals surface area contributed by atoms with E-state index in [9.17, 15) is 14.4 Å². The molecule has 0 radical (unpaired) electrons. The molecule has 4 aromatic rings. The van der Waals surface area contributed by atoms with E-state index in [1.807, 2.05) is 17.5 Å². The monoisotopic (exact) mass is 463 g/mol. The molecule has 0 atom stereocenters. The number of carbonyl (C=O) groups is 3. The first-order chi connectivity index (χ1) is 15.9. The lowest BCUT2D eigenvalue weighted by Gasteiger charge is -2.04. The third-order valence-electron chi connectivity index (χ3n) is 4.82. The van der Waals surface area contributed by atoms with Crippen molar-refractivity contribution in [3.8, 4) is 17.0 Å². The summed E-state index contributed by atoms with van der Waals surface area (Å²) < 4.78 is 6.73. The third-order valence-corrected chi connectivity index (χ3v) is 5.64. The summed E-state index contributed by atoms with van der Waals surface area (Å²) in [6.45, 7) is 1.45. The second-order valence-electron chi connectivity index (χ2n) is 7.21. The lowest BCUT2D eigenvalue weighted by Crippen LogP contribution is -2.14. The van der Waals surface area contributed by atoms with Gasteiger partial charge in [-0.2, -0.15) is 4.98 Å². The molecule has 0 aliphatic heterocycles. The van der Waals surface area contributed by atoms with Crippen molar-refractivity contribution in [2.24, 2.45) is 0 Å². The van der Waals surface area contributed by atoms with Gasteiger partial charge in [-0.3, -0.25) is 19.7 Å². The van der Waals surface area contributed by atoms with E-state index in [-0.39, 0.29) is 36.4 Å². The number of amides is 2. The number of methoxy groups -OCH3 is 1. The molecule has 2 aromatic carbocycles. The Hall–Kier alpha value is -4.05. The molecule has 0 spiro atoms. The van der Waals surface area contributed by atoms with E-state index in [0.29, 0.717) is 22.0 Å². The first-order valence-corrected chi connectivity index (χ1v) is 11.0. The predicted octanol–water partition coefficient (Wildman–Crippen LogP) is 4.03. The number of aromatic nitrogens is 3. The SMILES string of the molecule is COc1ccc(C(=O)CCC(=O)Nc2nc3scc(-c4ccc(NC(C)=O)cc4)n3n2)cc1. The van der Waals surface area contributed by atoms with Crippen LogP contribution in [0, 0.1) is 0 Å². The number of benzene rings is 2. The molecule has 4 rings (SSSR count). The van der Waals surface area contributed by atoms with Gasteiger partial charge >= 0.3 is 0 Å². The molecular weight excluding hydrogens is 442 g/mol. The Balaban J connectivity index is 1.39. The Morgan fingerprint density at radius 3 is 2.39 bits per heavy atom. The Labute approximate surface area is 193 Å². The van der Waals surface area contributed by atoms with Crippen molar-refractivity contribution >= 4 is 45.5 Å². The summed E-state index contributed by atoms with van der Waals surface area (Å²) in [5.41, 5.74) is 2.93. The van der Waals surface area contributed by atoms with Crippen LogP contribution < -0.4 is 15.4 Å². The Morgan fingerprint density at radius 2 is 1.73 bits per heavy atom. The van der Waals surface area contributed by atoms with Gasteiger partial charge in [-0.25, -0.2) is 4.52 Å². The van der Waals surface area contributed by atoms with Gasteiger partial charge in [-0.05, 0) is 36.4 Å². The maximum absolute atomic E-state index is 12.3. The van der Waals surface area contributed by atoms with Crippen molar-refractivity contribution in [2.45, 2.75) is 19.8 Å². The lowest BCUT2D eigenvalue weighted by molar-refractivity contribution is -0.116. The van der Waals surface area contributed by atoms with Crippen molar-refractivity contribution in [3.63, 3.8) is 0 Å². The van der Waals surface area contributed by atoms with Crippen molar-refractivity contribution in [1.29, 1.82) is 0 Å². The van der Waals surface area contributed by atoms with E-state index < -0.39 is 0 Å². The predicted molar refractivity (Wildman–Crippen MR) is 126 cm³/mol. The van der Waals surface area contributed by atoms with Gasteiger partial charge in [0.1, 0.15) is 5.75 Å². The molecule has 168 valence electrons. The van der Waals surface area contributed by atoms with Gasteiger partial charge in [0.15, 0.2) is 5.78 Å². The van der Waals surface area contributed by atoms with Crippen LogP contribution in [0.3, 0.4) is 0 Å². The van der Waals surface area contributed by atoms with Crippen LogP contribution in [0.2, 0.25) is 0 Å². The minimum absolute atomic E-state index is 0.0230. The molecule has 0 aliphatic carbocycles. The highest BCUT2D eigenvalue weighted by molar-refractivity contribution is 7.15. The van der Waals surface area contributed by atoms with E-state index in [2.05, 4.69) is 20.7 Å². The van der Waals surface area contributed by atoms with Crippen LogP contribution in [0.1, 0.15) is 30.1 Å². The summed E-state index contributed by atoms with van der Waals surface area (Å²) in [5.74, 6) is 0.244. The molecule has 0 saturated carbocycles. The molecule has 0 aliphatic rings. The number of thiazole rings is 1. The molecule has 33 heavy (non-hydrogen) atoms. The fraction of sp³-hybridized carbons (Fsp3) is 0.174. The van der Waals surface area contributed by atoms with Gasteiger partial charge < -0.3 is 10.1 Å². The molecule has 2 amide bonds. The van der Waals surface area contributed by atoms with Gasteiger partial charge in [0.05, 0.1) is 12.8 Å². The molecule has 0 saturated heterocycles. The second kappa shape index (κ2) is 9.61. The van der Waals surface area contributed by atoms with E-state index in [1.165, 1.54) is 18.3 Å². The van der Waals surface area contributed by atoms with Crippen LogP contribution in [-0.4, -0.2) is 39.3 Å². The first kappa shape index (κ1) is 22.2. The highest BCUT2D eigenvalue weighted by Gasteiger charge is 2.15. The van der Waals surface area contributed by atoms with Gasteiger partial charge in [0.25, 0.3) is 0 Å². The van der Waals surface area contributed by atoms with Crippen molar-refractivity contribution in [3.05, 3.63) is 59.5 Å². The second-order valence-corrected chi connectivity index (χ2v) is 8.05. The third kappa shape index (κ3) is 5.24. The number of nitrogens with zero attached hydrogens (tertiary/aromatic N) is 3. The van der Waals surface area contributed by atoms with E-state index in [0.717, 1.165) is 11.3 Å². The fourth-order valence-electron chi connectivity index (χ4n) is 3.20. The number of fused-ring (bicyclic) bond motifs is 1. The number of ether oxygens (including phenoxy) is 1. The maximum Gasteiger partial charge on any atom is 0.250 e. The van der Waals surface area contributed by atoms with Crippen LogP contribution in [0.15, 0.2) is 53.9 Å². The molecule has 10 heteroatoms. The zero-order valence-electron chi connectivity index (χ0n) is 18.0. The van der Waals surface area contributed by atoms with Gasteiger partial charge in [-0.15, -0.1) is 16.4 Å². The number of hydrogen-bond acceptors (Lipinski definition) is 7. The molecular formula is C23H21N5O4S. The van der Waals surface area contributed by atoms with Crippen molar-refractivity contribution < 1.29 is 19.1 Å². The van der Waals surface area contributed by atoms with Crippen molar-refractivity contribution in [2.75, 3.05) is 17.7 Å². The van der Waals surface area contributed by atoms with Crippen LogP contribution in [0.5, 0.6) is 5.75 Å². The first-order valence-electron chi connectivity index (χ1n) is 10.1. The summed E-state index contributed by atoms with van der Waals surface area (Å²) in [7, 11) is 1.56. The smallest absolute Gasteiger partial charge is 0.250 e. The number of carbonyl (C=O) groups excluding carboxylic acids is 3. The molecule has 2 heterocycles. The molecule has 2 aromatic heterocycles. The summed E-state index contributed by atoms with van der Waals surface area (Å²) in [5, 5.41) is 11.7. The molecule has 9 nitrogen and oxygen atoms in total. The van der Waals surface area contributed by atoms with Crippen LogP contribution in [0.4, 0.5) is 11.6 Å². The van der Waals surface area contributed by atoms with Crippen LogP contribution in [0.25, 0.3) is 16.2 Å². The standard InChI is InChI=1S/C23H21N5O4S/c1-14(29)24-17-7-3-15(4-8-17)19-13-33-23-26-22(27-28(19)23)25-21(31)12-11-20(30)16-5-9-18(32-2)10-6-16/h3-10,13H,11-12H2,1-2H3,(H,24,29)(H,25,27,31). The average Bonchev–Trinajstić information content (AvgIpc) is 3.38. The Kier molecular flexibility index (Phi) is 6.45. The van der Waals surface area contributed by atoms with Gasteiger partial charge in [0, 0.05) is 42.0 Å². The highest BCUT2D eigenvalue weighted by atomic mass is 32.1. The highest BCUT2D eigenvalue weighted by Crippen LogP contribution is 2.27. The summed E-state index contributed by atoms with van der Waals surface area (Å²) >= 11 is 1.39.